The Kier molecular flexibility index (Phi) is 3.38. The van der Waals surface area contributed by atoms with Gasteiger partial charge in [0.2, 0.25) is 0 Å². The van der Waals surface area contributed by atoms with Crippen LogP contribution in [0.1, 0.15) is 23.2 Å². The lowest BCUT2D eigenvalue weighted by Crippen LogP contribution is -2.25. The van der Waals surface area contributed by atoms with Crippen LogP contribution in [0.4, 0.5) is 0 Å². The molecular weight excluding hydrogens is 288 g/mol. The minimum Gasteiger partial charge on any atom is -0.349 e. The van der Waals surface area contributed by atoms with E-state index in [1.54, 1.807) is 23.3 Å². The Labute approximate surface area is 134 Å². The highest BCUT2D eigenvalue weighted by atomic mass is 16.1. The molecule has 0 saturated heterocycles. The van der Waals surface area contributed by atoms with E-state index >= 15 is 0 Å². The molecule has 2 heterocycles. The first-order valence-corrected chi connectivity index (χ1v) is 7.67. The maximum Gasteiger partial charge on any atom is 0.255 e. The summed E-state index contributed by atoms with van der Waals surface area (Å²) in [5.74, 6) is -0.0754. The number of hydrogen-bond donors (Lipinski definition) is 1. The number of carbonyl (C=O) groups is 1. The summed E-state index contributed by atoms with van der Waals surface area (Å²) < 4.78 is 1.74. The monoisotopic (exact) mass is 304 g/mol. The van der Waals surface area contributed by atoms with Gasteiger partial charge in [-0.1, -0.05) is 18.2 Å². The first kappa shape index (κ1) is 13.7. The SMILES string of the molecule is O=C(NC1CC1)c1cn(-c2ccccc2)nc1-c1cccnc1. The molecular formula is C18H16N4O. The van der Waals surface area contributed by atoms with E-state index in [0.29, 0.717) is 17.3 Å². The highest BCUT2D eigenvalue weighted by Crippen LogP contribution is 2.25. The topological polar surface area (TPSA) is 59.8 Å². The molecule has 1 aliphatic rings. The molecule has 4 rings (SSSR count). The average molecular weight is 304 g/mol. The highest BCUT2D eigenvalue weighted by molar-refractivity contribution is 6.00. The summed E-state index contributed by atoms with van der Waals surface area (Å²) in [4.78, 5) is 16.7. The van der Waals surface area contributed by atoms with Gasteiger partial charge in [-0.05, 0) is 37.1 Å². The normalized spacial score (nSPS) is 13.7. The van der Waals surface area contributed by atoms with E-state index in [9.17, 15) is 4.79 Å². The van der Waals surface area contributed by atoms with Crippen molar-refractivity contribution < 1.29 is 4.79 Å². The van der Waals surface area contributed by atoms with E-state index in [1.165, 1.54) is 0 Å². The number of benzene rings is 1. The van der Waals surface area contributed by atoms with Gasteiger partial charge in [-0.3, -0.25) is 9.78 Å². The van der Waals surface area contributed by atoms with Crippen molar-refractivity contribution in [1.29, 1.82) is 0 Å². The van der Waals surface area contributed by atoms with Gasteiger partial charge in [-0.25, -0.2) is 4.68 Å². The smallest absolute Gasteiger partial charge is 0.255 e. The molecule has 0 unspecified atom stereocenters. The minimum atomic E-state index is -0.0754. The van der Waals surface area contributed by atoms with E-state index in [-0.39, 0.29) is 5.91 Å². The standard InChI is InChI=1S/C18H16N4O/c23-18(20-14-8-9-14)16-12-22(15-6-2-1-3-7-15)21-17(16)13-5-4-10-19-11-13/h1-7,10-12,14H,8-9H2,(H,20,23). The van der Waals surface area contributed by atoms with Gasteiger partial charge in [0.05, 0.1) is 11.3 Å². The molecule has 2 aromatic heterocycles. The molecule has 5 nitrogen and oxygen atoms in total. The van der Waals surface area contributed by atoms with Crippen LogP contribution in [0, 0.1) is 0 Å². The van der Waals surface area contributed by atoms with Crippen LogP contribution in [0.25, 0.3) is 16.9 Å². The van der Waals surface area contributed by atoms with Gasteiger partial charge in [0.25, 0.3) is 5.91 Å². The lowest BCUT2D eigenvalue weighted by molar-refractivity contribution is 0.0951. The predicted molar refractivity (Wildman–Crippen MR) is 87.3 cm³/mol. The summed E-state index contributed by atoms with van der Waals surface area (Å²) in [5, 5.41) is 7.65. The Morgan fingerprint density at radius 1 is 1.13 bits per heavy atom. The maximum atomic E-state index is 12.5. The van der Waals surface area contributed by atoms with Crippen LogP contribution in [-0.4, -0.2) is 26.7 Å². The molecule has 1 aromatic carbocycles. The van der Waals surface area contributed by atoms with Gasteiger partial charge in [0.1, 0.15) is 5.69 Å². The van der Waals surface area contributed by atoms with Crippen LogP contribution >= 0.6 is 0 Å². The molecule has 1 fully saturated rings. The fourth-order valence-corrected chi connectivity index (χ4v) is 2.46. The van der Waals surface area contributed by atoms with Crippen LogP contribution in [0.3, 0.4) is 0 Å². The number of nitrogens with one attached hydrogen (secondary N) is 1. The van der Waals surface area contributed by atoms with Crippen molar-refractivity contribution in [2.24, 2.45) is 0 Å². The Morgan fingerprint density at radius 3 is 2.65 bits per heavy atom. The van der Waals surface area contributed by atoms with Crippen molar-refractivity contribution in [3.05, 3.63) is 66.6 Å². The third-order valence-electron chi connectivity index (χ3n) is 3.83. The molecule has 1 N–H and O–H groups in total. The third kappa shape index (κ3) is 2.85. The quantitative estimate of drug-likeness (QED) is 0.806. The summed E-state index contributed by atoms with van der Waals surface area (Å²) in [7, 11) is 0. The molecule has 3 aromatic rings. The fraction of sp³-hybridized carbons (Fsp3) is 0.167. The zero-order valence-electron chi connectivity index (χ0n) is 12.5. The molecule has 0 atom stereocenters. The number of hydrogen-bond acceptors (Lipinski definition) is 3. The number of carbonyl (C=O) groups excluding carboxylic acids is 1. The maximum absolute atomic E-state index is 12.5. The van der Waals surface area contributed by atoms with Crippen molar-refractivity contribution in [2.45, 2.75) is 18.9 Å². The molecule has 114 valence electrons. The van der Waals surface area contributed by atoms with Crippen LogP contribution < -0.4 is 5.32 Å². The number of pyridine rings is 1. The second kappa shape index (κ2) is 5.68. The molecule has 0 spiro atoms. The zero-order chi connectivity index (χ0) is 15.6. The predicted octanol–water partition coefficient (Wildman–Crippen LogP) is 2.83. The van der Waals surface area contributed by atoms with Crippen LogP contribution in [0.5, 0.6) is 0 Å². The summed E-state index contributed by atoms with van der Waals surface area (Å²) >= 11 is 0. The van der Waals surface area contributed by atoms with E-state index in [1.807, 2.05) is 42.5 Å². The van der Waals surface area contributed by atoms with Gasteiger partial charge in [-0.15, -0.1) is 0 Å². The largest absolute Gasteiger partial charge is 0.349 e. The van der Waals surface area contributed by atoms with Crippen molar-refractivity contribution in [3.8, 4) is 16.9 Å². The number of amides is 1. The first-order valence-electron chi connectivity index (χ1n) is 7.67. The van der Waals surface area contributed by atoms with Crippen LogP contribution in [0.15, 0.2) is 61.1 Å². The minimum absolute atomic E-state index is 0.0754. The molecule has 1 saturated carbocycles. The molecule has 5 heteroatoms. The fourth-order valence-electron chi connectivity index (χ4n) is 2.46. The van der Waals surface area contributed by atoms with Crippen molar-refractivity contribution in [2.75, 3.05) is 0 Å². The molecule has 1 amide bonds. The number of para-hydroxylation sites is 1. The average Bonchev–Trinajstić information content (AvgIpc) is 3.30. The zero-order valence-corrected chi connectivity index (χ0v) is 12.5. The van der Waals surface area contributed by atoms with Gasteiger partial charge in [0, 0.05) is 30.2 Å². The summed E-state index contributed by atoms with van der Waals surface area (Å²) in [6.07, 6.45) is 7.34. The van der Waals surface area contributed by atoms with E-state index in [0.717, 1.165) is 24.1 Å². The van der Waals surface area contributed by atoms with Gasteiger partial charge >= 0.3 is 0 Å². The van der Waals surface area contributed by atoms with Crippen molar-refractivity contribution in [3.63, 3.8) is 0 Å². The second-order valence-corrected chi connectivity index (χ2v) is 5.66. The van der Waals surface area contributed by atoms with Crippen LogP contribution in [0.2, 0.25) is 0 Å². The molecule has 0 aliphatic heterocycles. The molecule has 0 bridgehead atoms. The molecule has 1 aliphatic carbocycles. The van der Waals surface area contributed by atoms with Crippen LogP contribution in [-0.2, 0) is 0 Å². The lowest BCUT2D eigenvalue weighted by atomic mass is 10.1. The Balaban J connectivity index is 1.78. The Bertz CT molecular complexity index is 823. The Hall–Kier alpha value is -2.95. The molecule has 23 heavy (non-hydrogen) atoms. The summed E-state index contributed by atoms with van der Waals surface area (Å²) in [6.45, 7) is 0. The van der Waals surface area contributed by atoms with E-state index in [2.05, 4.69) is 15.4 Å². The highest BCUT2D eigenvalue weighted by Gasteiger charge is 2.26. The van der Waals surface area contributed by atoms with Gasteiger partial charge in [0.15, 0.2) is 0 Å². The first-order chi connectivity index (χ1) is 11.3. The third-order valence-corrected chi connectivity index (χ3v) is 3.83. The van der Waals surface area contributed by atoms with Crippen molar-refractivity contribution >= 4 is 5.91 Å². The lowest BCUT2D eigenvalue weighted by Gasteiger charge is -2.03. The summed E-state index contributed by atoms with van der Waals surface area (Å²) in [6, 6.07) is 13.8. The number of rotatable bonds is 4. The summed E-state index contributed by atoms with van der Waals surface area (Å²) in [5.41, 5.74) is 2.99. The number of aromatic nitrogens is 3. The van der Waals surface area contributed by atoms with Crippen molar-refractivity contribution in [1.82, 2.24) is 20.1 Å². The van der Waals surface area contributed by atoms with E-state index < -0.39 is 0 Å². The van der Waals surface area contributed by atoms with Gasteiger partial charge in [-0.2, -0.15) is 5.10 Å². The molecule has 0 radical (unpaired) electrons. The second-order valence-electron chi connectivity index (χ2n) is 5.66. The number of nitrogens with zero attached hydrogens (tertiary/aromatic N) is 3. The van der Waals surface area contributed by atoms with E-state index in [4.69, 9.17) is 0 Å². The Morgan fingerprint density at radius 2 is 1.96 bits per heavy atom. The van der Waals surface area contributed by atoms with Gasteiger partial charge < -0.3 is 5.32 Å².